The number of likely N-dealkylation sites (tertiary alicyclic amines) is 1. The molecule has 2 N–H and O–H groups in total. The highest BCUT2D eigenvalue weighted by Crippen LogP contribution is 2.28. The number of hydrogen-bond acceptors (Lipinski definition) is 4. The number of hydrogen-bond donors (Lipinski definition) is 2. The molecule has 1 amide bonds. The summed E-state index contributed by atoms with van der Waals surface area (Å²) in [6.07, 6.45) is 2.01. The molecule has 1 heterocycles. The van der Waals surface area contributed by atoms with E-state index in [1.54, 1.807) is 6.07 Å². The van der Waals surface area contributed by atoms with Gasteiger partial charge in [-0.2, -0.15) is 0 Å². The molecule has 1 aliphatic heterocycles. The predicted molar refractivity (Wildman–Crippen MR) is 115 cm³/mol. The van der Waals surface area contributed by atoms with E-state index in [2.05, 4.69) is 10.2 Å². The van der Waals surface area contributed by atoms with Crippen LogP contribution in [0.4, 0.5) is 0 Å². The van der Waals surface area contributed by atoms with Crippen molar-refractivity contribution in [2.24, 2.45) is 0 Å². The van der Waals surface area contributed by atoms with Gasteiger partial charge < -0.3 is 15.2 Å². The van der Waals surface area contributed by atoms with Crippen molar-refractivity contribution >= 4 is 17.5 Å². The smallest absolute Gasteiger partial charge is 0.234 e. The maximum Gasteiger partial charge on any atom is 0.234 e. The Labute approximate surface area is 177 Å². The highest BCUT2D eigenvalue weighted by molar-refractivity contribution is 6.32. The topological polar surface area (TPSA) is 61.8 Å². The zero-order valence-corrected chi connectivity index (χ0v) is 17.6. The summed E-state index contributed by atoms with van der Waals surface area (Å²) >= 11 is 6.19. The molecule has 0 radical (unpaired) electrons. The number of benzene rings is 2. The van der Waals surface area contributed by atoms with Gasteiger partial charge in [-0.3, -0.25) is 9.69 Å². The molecule has 1 fully saturated rings. The molecule has 1 aliphatic rings. The average molecular weight is 417 g/mol. The highest BCUT2D eigenvalue weighted by atomic mass is 35.5. The van der Waals surface area contributed by atoms with Gasteiger partial charge in [0.05, 0.1) is 17.2 Å². The number of nitrogens with one attached hydrogen (secondary N) is 1. The number of rotatable bonds is 7. The van der Waals surface area contributed by atoms with Gasteiger partial charge in [-0.25, -0.2) is 0 Å². The highest BCUT2D eigenvalue weighted by Gasteiger charge is 2.31. The molecule has 0 aromatic heterocycles. The number of aryl methyl sites for hydroxylation is 1. The molecule has 5 nitrogen and oxygen atoms in total. The van der Waals surface area contributed by atoms with Gasteiger partial charge in [-0.15, -0.1) is 0 Å². The Morgan fingerprint density at radius 1 is 1.21 bits per heavy atom. The molecular formula is C23H29ClN2O3. The molecule has 3 rings (SSSR count). The van der Waals surface area contributed by atoms with Gasteiger partial charge in [0, 0.05) is 13.1 Å². The first-order valence-corrected chi connectivity index (χ1v) is 10.5. The van der Waals surface area contributed by atoms with Crippen molar-refractivity contribution in [2.45, 2.75) is 38.3 Å². The Morgan fingerprint density at radius 3 is 2.79 bits per heavy atom. The molecule has 0 aliphatic carbocycles. The third-order valence-corrected chi connectivity index (χ3v) is 5.60. The second-order valence-electron chi connectivity index (χ2n) is 7.84. The summed E-state index contributed by atoms with van der Waals surface area (Å²) in [5.41, 5.74) is 1.23. The van der Waals surface area contributed by atoms with Crippen LogP contribution in [-0.2, 0) is 11.3 Å². The summed E-state index contributed by atoms with van der Waals surface area (Å²) in [5.74, 6) is 0.601. The van der Waals surface area contributed by atoms with Crippen LogP contribution >= 0.6 is 11.6 Å². The van der Waals surface area contributed by atoms with E-state index in [9.17, 15) is 9.90 Å². The monoisotopic (exact) mass is 416 g/mol. The van der Waals surface area contributed by atoms with Crippen molar-refractivity contribution in [3.63, 3.8) is 0 Å². The second-order valence-corrected chi connectivity index (χ2v) is 8.25. The van der Waals surface area contributed by atoms with Crippen molar-refractivity contribution < 1.29 is 14.6 Å². The summed E-state index contributed by atoms with van der Waals surface area (Å²) in [7, 11) is 0. The molecule has 2 aromatic carbocycles. The van der Waals surface area contributed by atoms with Gasteiger partial charge in [-0.05, 0) is 56.0 Å². The summed E-state index contributed by atoms with van der Waals surface area (Å²) in [6, 6.07) is 15.5. The summed E-state index contributed by atoms with van der Waals surface area (Å²) in [6.45, 7) is 4.48. The van der Waals surface area contributed by atoms with Gasteiger partial charge in [0.15, 0.2) is 0 Å². The lowest BCUT2D eigenvalue weighted by molar-refractivity contribution is -0.122. The number of amides is 1. The van der Waals surface area contributed by atoms with Crippen molar-refractivity contribution in [3.8, 4) is 5.75 Å². The molecule has 0 bridgehead atoms. The van der Waals surface area contributed by atoms with Gasteiger partial charge in [-0.1, -0.05) is 48.0 Å². The van der Waals surface area contributed by atoms with Crippen molar-refractivity contribution in [1.82, 2.24) is 10.2 Å². The first kappa shape index (κ1) is 21.6. The van der Waals surface area contributed by atoms with Crippen LogP contribution < -0.4 is 10.1 Å². The van der Waals surface area contributed by atoms with Crippen LogP contribution in [0.3, 0.4) is 0 Å². The Hall–Kier alpha value is -2.08. The summed E-state index contributed by atoms with van der Waals surface area (Å²) < 4.78 is 5.84. The number of aliphatic hydroxyl groups is 1. The zero-order chi connectivity index (χ0) is 20.7. The number of ether oxygens (including phenoxy) is 1. The second kappa shape index (κ2) is 10.1. The lowest BCUT2D eigenvalue weighted by Crippen LogP contribution is -2.40. The maximum absolute atomic E-state index is 12.3. The third-order valence-electron chi connectivity index (χ3n) is 5.29. The minimum atomic E-state index is -0.914. The van der Waals surface area contributed by atoms with Gasteiger partial charge in [0.2, 0.25) is 5.91 Å². The summed E-state index contributed by atoms with van der Waals surface area (Å²) in [4.78, 5) is 14.4. The van der Waals surface area contributed by atoms with Gasteiger partial charge in [0.1, 0.15) is 12.4 Å². The van der Waals surface area contributed by atoms with Gasteiger partial charge in [0.25, 0.3) is 0 Å². The lowest BCUT2D eigenvalue weighted by Gasteiger charge is -2.27. The fraction of sp³-hybridized carbons (Fsp3) is 0.435. The first-order valence-electron chi connectivity index (χ1n) is 10.1. The van der Waals surface area contributed by atoms with E-state index in [0.717, 1.165) is 24.1 Å². The number of halogens is 1. The van der Waals surface area contributed by atoms with E-state index in [0.29, 0.717) is 43.2 Å². The van der Waals surface area contributed by atoms with Crippen molar-refractivity contribution in [3.05, 3.63) is 64.7 Å². The molecule has 29 heavy (non-hydrogen) atoms. The van der Waals surface area contributed by atoms with Crippen LogP contribution in [0.1, 0.15) is 30.4 Å². The fourth-order valence-corrected chi connectivity index (χ4v) is 3.70. The first-order chi connectivity index (χ1) is 13.9. The SMILES string of the molecule is Cc1ccc(Cl)c(OC[C@@]2(O)CCCN(CC(=O)NCc3ccccc3)CC2)c1. The van der Waals surface area contributed by atoms with Crippen LogP contribution in [0.5, 0.6) is 5.75 Å². The van der Waals surface area contributed by atoms with E-state index >= 15 is 0 Å². The average Bonchev–Trinajstić information content (AvgIpc) is 2.90. The normalized spacial score (nSPS) is 20.1. The van der Waals surface area contributed by atoms with E-state index in [1.165, 1.54) is 0 Å². The zero-order valence-electron chi connectivity index (χ0n) is 16.9. The van der Waals surface area contributed by atoms with Crippen LogP contribution in [0, 0.1) is 6.92 Å². The third kappa shape index (κ3) is 6.74. The standard InChI is InChI=1S/C23H29ClN2O3/c1-18-8-9-20(24)21(14-18)29-17-23(28)10-5-12-26(13-11-23)16-22(27)25-15-19-6-3-2-4-7-19/h2-4,6-9,14,28H,5,10-13,15-17H2,1H3,(H,25,27)/t23-/m1/s1. The van der Waals surface area contributed by atoms with E-state index in [1.807, 2.05) is 49.4 Å². The minimum absolute atomic E-state index is 0.00193. The van der Waals surface area contributed by atoms with Crippen molar-refractivity contribution in [1.29, 1.82) is 0 Å². The largest absolute Gasteiger partial charge is 0.489 e. The van der Waals surface area contributed by atoms with Crippen LogP contribution in [0.2, 0.25) is 5.02 Å². The van der Waals surface area contributed by atoms with E-state index < -0.39 is 5.60 Å². The Bertz CT molecular complexity index is 815. The molecular weight excluding hydrogens is 388 g/mol. The number of carbonyl (C=O) groups excluding carboxylic acids is 1. The molecule has 2 aromatic rings. The molecule has 0 spiro atoms. The Balaban J connectivity index is 1.46. The van der Waals surface area contributed by atoms with Gasteiger partial charge >= 0.3 is 0 Å². The molecule has 156 valence electrons. The van der Waals surface area contributed by atoms with Crippen LogP contribution in [-0.4, -0.2) is 47.8 Å². The molecule has 1 saturated heterocycles. The molecule has 0 unspecified atom stereocenters. The molecule has 6 heteroatoms. The summed E-state index contributed by atoms with van der Waals surface area (Å²) in [5, 5.41) is 14.5. The predicted octanol–water partition coefficient (Wildman–Crippen LogP) is 3.56. The Kier molecular flexibility index (Phi) is 7.53. The van der Waals surface area contributed by atoms with Crippen LogP contribution in [0.15, 0.2) is 48.5 Å². The van der Waals surface area contributed by atoms with E-state index in [-0.39, 0.29) is 12.5 Å². The number of nitrogens with zero attached hydrogens (tertiary/aromatic N) is 1. The Morgan fingerprint density at radius 2 is 2.00 bits per heavy atom. The quantitative estimate of drug-likeness (QED) is 0.724. The minimum Gasteiger partial charge on any atom is -0.489 e. The molecule has 0 saturated carbocycles. The molecule has 1 atom stereocenters. The maximum atomic E-state index is 12.3. The van der Waals surface area contributed by atoms with E-state index in [4.69, 9.17) is 16.3 Å². The lowest BCUT2D eigenvalue weighted by atomic mass is 9.96. The van der Waals surface area contributed by atoms with Crippen LogP contribution in [0.25, 0.3) is 0 Å². The fourth-order valence-electron chi connectivity index (χ4n) is 3.53. The van der Waals surface area contributed by atoms with Crippen molar-refractivity contribution in [2.75, 3.05) is 26.2 Å². The number of carbonyl (C=O) groups is 1.